The van der Waals surface area contributed by atoms with E-state index in [1.165, 1.54) is 4.90 Å². The molecule has 1 saturated carbocycles. The first-order chi connectivity index (χ1) is 12.5. The topological polar surface area (TPSA) is 65.9 Å². The summed E-state index contributed by atoms with van der Waals surface area (Å²) in [5.74, 6) is -0.250. The standard InChI is InChI=1S/C19H26N4O3/c1-20(2)17(24)12-23-15-6-5-13(18(23)25)10-21(11-15)19(26)16-4-3-9-22(16)14-7-8-14/h3-4,9,13-15H,5-8,10-12H2,1-2H3/t13-,15+/m1/s1. The lowest BCUT2D eigenvalue weighted by atomic mass is 9.94. The van der Waals surface area contributed by atoms with Gasteiger partial charge in [0.25, 0.3) is 5.91 Å². The predicted molar refractivity (Wildman–Crippen MR) is 95.5 cm³/mol. The van der Waals surface area contributed by atoms with E-state index >= 15 is 0 Å². The molecule has 3 saturated heterocycles. The van der Waals surface area contributed by atoms with Gasteiger partial charge in [-0.05, 0) is 37.8 Å². The number of aromatic nitrogens is 1. The Bertz CT molecular complexity index is 737. The number of nitrogens with zero attached hydrogens (tertiary/aromatic N) is 4. The summed E-state index contributed by atoms with van der Waals surface area (Å²) in [5.41, 5.74) is 0.720. The molecule has 1 aliphatic carbocycles. The van der Waals surface area contributed by atoms with Gasteiger partial charge in [-0.3, -0.25) is 14.4 Å². The van der Waals surface area contributed by atoms with Crippen molar-refractivity contribution in [3.05, 3.63) is 24.0 Å². The quantitative estimate of drug-likeness (QED) is 0.806. The Morgan fingerprint density at radius 2 is 1.85 bits per heavy atom. The Kier molecular flexibility index (Phi) is 4.25. The number of carbonyl (C=O) groups is 3. The number of rotatable bonds is 4. The van der Waals surface area contributed by atoms with Crippen molar-refractivity contribution in [3.63, 3.8) is 0 Å². The van der Waals surface area contributed by atoms with E-state index in [1.807, 2.05) is 23.2 Å². The second kappa shape index (κ2) is 6.45. The van der Waals surface area contributed by atoms with E-state index < -0.39 is 0 Å². The monoisotopic (exact) mass is 358 g/mol. The molecule has 5 rings (SSSR count). The SMILES string of the molecule is CN(C)C(=O)CN1C(=O)[C@@H]2CC[C@H]1CN(C(=O)c1cccn1C1CC1)C2. The van der Waals surface area contributed by atoms with Crippen LogP contribution in [0.25, 0.3) is 0 Å². The number of hydrogen-bond acceptors (Lipinski definition) is 3. The molecule has 7 nitrogen and oxygen atoms in total. The fraction of sp³-hybridized carbons (Fsp3) is 0.632. The van der Waals surface area contributed by atoms with Gasteiger partial charge in [0.15, 0.2) is 0 Å². The van der Waals surface area contributed by atoms with Crippen molar-refractivity contribution >= 4 is 17.7 Å². The van der Waals surface area contributed by atoms with Gasteiger partial charge in [-0.15, -0.1) is 0 Å². The third kappa shape index (κ3) is 2.99. The molecular weight excluding hydrogens is 332 g/mol. The van der Waals surface area contributed by atoms with Crippen LogP contribution in [0, 0.1) is 5.92 Å². The van der Waals surface area contributed by atoms with Gasteiger partial charge in [0, 0.05) is 45.5 Å². The molecule has 2 atom stereocenters. The molecule has 4 fully saturated rings. The van der Waals surface area contributed by atoms with Gasteiger partial charge in [0.2, 0.25) is 11.8 Å². The van der Waals surface area contributed by atoms with Gasteiger partial charge in [-0.25, -0.2) is 0 Å². The van der Waals surface area contributed by atoms with E-state index in [4.69, 9.17) is 0 Å². The van der Waals surface area contributed by atoms with Gasteiger partial charge in [0.05, 0.1) is 5.92 Å². The van der Waals surface area contributed by atoms with Crippen LogP contribution >= 0.6 is 0 Å². The molecule has 0 spiro atoms. The minimum Gasteiger partial charge on any atom is -0.347 e. The van der Waals surface area contributed by atoms with E-state index in [1.54, 1.807) is 19.0 Å². The fourth-order valence-corrected chi connectivity index (χ4v) is 4.11. The Morgan fingerprint density at radius 3 is 2.54 bits per heavy atom. The minimum atomic E-state index is -0.197. The summed E-state index contributed by atoms with van der Waals surface area (Å²) in [6, 6.07) is 4.18. The van der Waals surface area contributed by atoms with Crippen molar-refractivity contribution in [2.75, 3.05) is 33.7 Å². The molecule has 0 unspecified atom stereocenters. The molecule has 3 amide bonds. The van der Waals surface area contributed by atoms with E-state index in [0.29, 0.717) is 19.1 Å². The van der Waals surface area contributed by atoms with Crippen molar-refractivity contribution in [2.45, 2.75) is 37.8 Å². The predicted octanol–water partition coefficient (Wildman–Crippen LogP) is 0.974. The molecule has 3 aliphatic heterocycles. The molecule has 140 valence electrons. The van der Waals surface area contributed by atoms with E-state index in [9.17, 15) is 14.4 Å². The number of hydrogen-bond donors (Lipinski definition) is 0. The lowest BCUT2D eigenvalue weighted by Gasteiger charge is -2.35. The van der Waals surface area contributed by atoms with E-state index in [-0.39, 0.29) is 36.2 Å². The molecule has 2 bridgehead atoms. The minimum absolute atomic E-state index is 0.00684. The zero-order valence-electron chi connectivity index (χ0n) is 15.4. The summed E-state index contributed by atoms with van der Waals surface area (Å²) < 4.78 is 2.07. The molecule has 4 aliphatic rings. The normalized spacial score (nSPS) is 25.4. The Labute approximate surface area is 153 Å². The van der Waals surface area contributed by atoms with Crippen molar-refractivity contribution in [1.82, 2.24) is 19.3 Å². The summed E-state index contributed by atoms with van der Waals surface area (Å²) in [5, 5.41) is 0. The van der Waals surface area contributed by atoms with Gasteiger partial charge >= 0.3 is 0 Å². The van der Waals surface area contributed by atoms with Gasteiger partial charge in [-0.2, -0.15) is 0 Å². The van der Waals surface area contributed by atoms with Crippen LogP contribution in [-0.4, -0.2) is 76.8 Å². The Balaban J connectivity index is 1.54. The Morgan fingerprint density at radius 1 is 1.12 bits per heavy atom. The van der Waals surface area contributed by atoms with Gasteiger partial charge in [-0.1, -0.05) is 0 Å². The highest BCUT2D eigenvalue weighted by molar-refractivity contribution is 5.94. The molecule has 0 aromatic carbocycles. The third-order valence-electron chi connectivity index (χ3n) is 5.82. The molecule has 7 heteroatoms. The van der Waals surface area contributed by atoms with Gasteiger partial charge < -0.3 is 19.3 Å². The van der Waals surface area contributed by atoms with Crippen molar-refractivity contribution in [3.8, 4) is 0 Å². The highest BCUT2D eigenvalue weighted by Gasteiger charge is 2.43. The fourth-order valence-electron chi connectivity index (χ4n) is 4.11. The van der Waals surface area contributed by atoms with E-state index in [0.717, 1.165) is 31.4 Å². The maximum atomic E-state index is 13.1. The average molecular weight is 358 g/mol. The lowest BCUT2D eigenvalue weighted by molar-refractivity contribution is -0.145. The smallest absolute Gasteiger partial charge is 0.270 e. The van der Waals surface area contributed by atoms with Crippen LogP contribution in [0.15, 0.2) is 18.3 Å². The van der Waals surface area contributed by atoms with Crippen LogP contribution in [0.4, 0.5) is 0 Å². The summed E-state index contributed by atoms with van der Waals surface area (Å²) in [7, 11) is 3.40. The number of amides is 3. The summed E-state index contributed by atoms with van der Waals surface area (Å²) in [6.45, 7) is 1.07. The summed E-state index contributed by atoms with van der Waals surface area (Å²) in [4.78, 5) is 43.1. The largest absolute Gasteiger partial charge is 0.347 e. The van der Waals surface area contributed by atoms with Crippen molar-refractivity contribution in [1.29, 1.82) is 0 Å². The summed E-state index contributed by atoms with van der Waals surface area (Å²) in [6.07, 6.45) is 5.87. The first-order valence-corrected chi connectivity index (χ1v) is 9.42. The van der Waals surface area contributed by atoms with Crippen LogP contribution in [-0.2, 0) is 9.59 Å². The first kappa shape index (κ1) is 17.1. The second-order valence-electron chi connectivity index (χ2n) is 7.92. The molecule has 26 heavy (non-hydrogen) atoms. The number of piperidine rings is 1. The number of fused-ring (bicyclic) bond motifs is 4. The molecular formula is C19H26N4O3. The van der Waals surface area contributed by atoms with Crippen molar-refractivity contribution < 1.29 is 14.4 Å². The first-order valence-electron chi connectivity index (χ1n) is 9.42. The number of carbonyl (C=O) groups excluding carboxylic acids is 3. The molecule has 1 aromatic rings. The highest BCUT2D eigenvalue weighted by Crippen LogP contribution is 2.37. The molecule has 1 aromatic heterocycles. The second-order valence-corrected chi connectivity index (χ2v) is 7.92. The number of likely N-dealkylation sites (N-methyl/N-ethyl adjacent to an activating group) is 1. The third-order valence-corrected chi connectivity index (χ3v) is 5.82. The molecule has 0 radical (unpaired) electrons. The average Bonchev–Trinajstić information content (AvgIpc) is 3.40. The van der Waals surface area contributed by atoms with Crippen molar-refractivity contribution in [2.24, 2.45) is 5.92 Å². The maximum absolute atomic E-state index is 13.1. The zero-order valence-corrected chi connectivity index (χ0v) is 15.4. The summed E-state index contributed by atoms with van der Waals surface area (Å²) >= 11 is 0. The van der Waals surface area contributed by atoms with Crippen LogP contribution in [0.1, 0.15) is 42.2 Å². The van der Waals surface area contributed by atoms with Crippen LogP contribution in [0.2, 0.25) is 0 Å². The zero-order chi connectivity index (χ0) is 18.4. The lowest BCUT2D eigenvalue weighted by Crippen LogP contribution is -2.51. The van der Waals surface area contributed by atoms with E-state index in [2.05, 4.69) is 4.57 Å². The highest BCUT2D eigenvalue weighted by atomic mass is 16.2. The Hall–Kier alpha value is -2.31. The van der Waals surface area contributed by atoms with Gasteiger partial charge in [0.1, 0.15) is 12.2 Å². The van der Waals surface area contributed by atoms with Crippen LogP contribution in [0.5, 0.6) is 0 Å². The van der Waals surface area contributed by atoms with Crippen LogP contribution in [0.3, 0.4) is 0 Å². The van der Waals surface area contributed by atoms with Crippen LogP contribution < -0.4 is 0 Å². The molecule has 4 heterocycles. The molecule has 0 N–H and O–H groups in total. The maximum Gasteiger partial charge on any atom is 0.270 e.